The van der Waals surface area contributed by atoms with E-state index in [0.29, 0.717) is 22.0 Å². The minimum absolute atomic E-state index is 0.212. The summed E-state index contributed by atoms with van der Waals surface area (Å²) in [6.07, 6.45) is 3.78. The van der Waals surface area contributed by atoms with Gasteiger partial charge in [-0.25, -0.2) is 4.90 Å². The van der Waals surface area contributed by atoms with Crippen molar-refractivity contribution in [3.63, 3.8) is 0 Å². The topological polar surface area (TPSA) is 66.9 Å². The van der Waals surface area contributed by atoms with Crippen LogP contribution >= 0.6 is 11.6 Å². The maximum atomic E-state index is 13.9. The Morgan fingerprint density at radius 1 is 0.886 bits per heavy atom. The molecule has 3 heterocycles. The highest BCUT2D eigenvalue weighted by Crippen LogP contribution is 2.54. The number of hydrogen-bond donors (Lipinski definition) is 0. The number of imide groups is 1. The minimum Gasteiger partial charge on any atom is -0.497 e. The zero-order chi connectivity index (χ0) is 24.3. The molecule has 3 aromatic carbocycles. The van der Waals surface area contributed by atoms with Crippen LogP contribution in [0.5, 0.6) is 5.75 Å². The van der Waals surface area contributed by atoms with Crippen LogP contribution in [0.25, 0.3) is 6.08 Å². The van der Waals surface area contributed by atoms with Gasteiger partial charge < -0.3 is 9.64 Å². The molecule has 0 bridgehead atoms. The predicted octanol–water partition coefficient (Wildman–Crippen LogP) is 4.75. The van der Waals surface area contributed by atoms with Crippen LogP contribution in [0.3, 0.4) is 0 Å². The second-order valence-electron chi connectivity index (χ2n) is 8.89. The Balaban J connectivity index is 1.49. The molecule has 3 aliphatic heterocycles. The number of carbonyl (C=O) groups is 3. The Labute approximate surface area is 207 Å². The van der Waals surface area contributed by atoms with Crippen LogP contribution in [-0.4, -0.2) is 35.6 Å². The number of rotatable bonds is 4. The quantitative estimate of drug-likeness (QED) is 0.395. The van der Waals surface area contributed by atoms with Gasteiger partial charge >= 0.3 is 0 Å². The van der Waals surface area contributed by atoms with Gasteiger partial charge in [0.05, 0.1) is 35.7 Å². The second-order valence-corrected chi connectivity index (χ2v) is 9.30. The van der Waals surface area contributed by atoms with Gasteiger partial charge in [0.2, 0.25) is 11.8 Å². The third-order valence-corrected chi connectivity index (χ3v) is 7.52. The fraction of sp³-hybridized carbons (Fsp3) is 0.179. The van der Waals surface area contributed by atoms with Crippen molar-refractivity contribution in [3.05, 3.63) is 101 Å². The molecule has 2 amide bonds. The Kier molecular flexibility index (Phi) is 5.00. The van der Waals surface area contributed by atoms with E-state index in [2.05, 4.69) is 0 Å². The highest BCUT2D eigenvalue weighted by molar-refractivity contribution is 6.36. The van der Waals surface area contributed by atoms with Crippen molar-refractivity contribution in [2.45, 2.75) is 12.1 Å². The first-order chi connectivity index (χ1) is 17.0. The summed E-state index contributed by atoms with van der Waals surface area (Å²) in [5.74, 6) is -1.87. The Bertz CT molecular complexity index is 1400. The van der Waals surface area contributed by atoms with Gasteiger partial charge in [-0.1, -0.05) is 48.0 Å². The van der Waals surface area contributed by atoms with E-state index in [-0.39, 0.29) is 11.7 Å². The van der Waals surface area contributed by atoms with Crippen LogP contribution in [0.15, 0.2) is 79.0 Å². The number of carbonyl (C=O) groups excluding carboxylic acids is 3. The van der Waals surface area contributed by atoms with Crippen LogP contribution in [-0.2, 0) is 9.59 Å². The summed E-state index contributed by atoms with van der Waals surface area (Å²) >= 11 is 6.39. The Morgan fingerprint density at radius 2 is 1.57 bits per heavy atom. The number of halogens is 1. The lowest BCUT2D eigenvalue weighted by Crippen LogP contribution is -2.44. The molecule has 0 spiro atoms. The highest BCUT2D eigenvalue weighted by atomic mass is 35.5. The van der Waals surface area contributed by atoms with Crippen molar-refractivity contribution >= 4 is 41.0 Å². The number of anilines is 1. The normalized spacial score (nSPS) is 24.3. The molecule has 6 nitrogen and oxygen atoms in total. The molecule has 7 heteroatoms. The van der Waals surface area contributed by atoms with Crippen LogP contribution in [0.4, 0.5) is 5.69 Å². The second kappa shape index (κ2) is 8.10. The van der Waals surface area contributed by atoms with Crippen LogP contribution in [0, 0.1) is 11.8 Å². The van der Waals surface area contributed by atoms with Crippen LogP contribution in [0.1, 0.15) is 27.5 Å². The number of hydrogen-bond acceptors (Lipinski definition) is 5. The van der Waals surface area contributed by atoms with Gasteiger partial charge in [-0.15, -0.1) is 0 Å². The Morgan fingerprint density at radius 3 is 2.31 bits per heavy atom. The SMILES string of the molecule is COc1ccc(C(=O)[C@@H]2[C@H]3C(=O)N(c4ccccc4Cl)C(=O)[C@@H]3[C@H]3c4ccccc4C=CN23)cc1. The van der Waals surface area contributed by atoms with E-state index in [0.717, 1.165) is 11.1 Å². The molecule has 0 radical (unpaired) electrons. The Hall–Kier alpha value is -3.90. The standard InChI is InChI=1S/C28H21ClN2O4/c1-35-18-12-10-17(11-13-18)26(32)25-23-22(24-19-7-3-2-6-16(19)14-15-30(24)25)27(33)31(28(23)34)21-9-5-4-8-20(21)29/h2-15,22-25H,1H3/t22-,23-,24+,25-/m0/s1. The summed E-state index contributed by atoms with van der Waals surface area (Å²) in [5.41, 5.74) is 2.71. The molecule has 0 aromatic heterocycles. The molecular weight excluding hydrogens is 464 g/mol. The average Bonchev–Trinajstić information content (AvgIpc) is 3.36. The maximum absolute atomic E-state index is 13.9. The van der Waals surface area contributed by atoms with E-state index in [4.69, 9.17) is 16.3 Å². The average molecular weight is 485 g/mol. The van der Waals surface area contributed by atoms with Gasteiger partial charge in [0, 0.05) is 11.8 Å². The van der Waals surface area contributed by atoms with Crippen molar-refractivity contribution in [2.24, 2.45) is 11.8 Å². The molecule has 0 aliphatic carbocycles. The lowest BCUT2D eigenvalue weighted by Gasteiger charge is -2.35. The monoisotopic (exact) mass is 484 g/mol. The first-order valence-corrected chi connectivity index (χ1v) is 11.7. The smallest absolute Gasteiger partial charge is 0.240 e. The highest BCUT2D eigenvalue weighted by Gasteiger charge is 2.64. The number of amides is 2. The molecule has 174 valence electrons. The van der Waals surface area contributed by atoms with Crippen molar-refractivity contribution in [1.82, 2.24) is 4.90 Å². The van der Waals surface area contributed by atoms with Gasteiger partial charge in [0.15, 0.2) is 5.78 Å². The molecule has 0 unspecified atom stereocenters. The number of ketones is 1. The fourth-order valence-electron chi connectivity index (χ4n) is 5.65. The van der Waals surface area contributed by atoms with E-state index in [1.54, 1.807) is 55.6 Å². The molecule has 2 saturated heterocycles. The summed E-state index contributed by atoms with van der Waals surface area (Å²) in [5, 5.41) is 0.313. The molecule has 0 saturated carbocycles. The molecule has 6 rings (SSSR count). The van der Waals surface area contributed by atoms with Crippen molar-refractivity contribution in [2.75, 3.05) is 12.0 Å². The lowest BCUT2D eigenvalue weighted by atomic mass is 9.83. The van der Waals surface area contributed by atoms with E-state index in [1.165, 1.54) is 4.90 Å². The zero-order valence-electron chi connectivity index (χ0n) is 18.8. The largest absolute Gasteiger partial charge is 0.497 e. The third kappa shape index (κ3) is 3.13. The number of fused-ring (bicyclic) bond motifs is 5. The van der Waals surface area contributed by atoms with E-state index in [9.17, 15) is 14.4 Å². The molecule has 3 aromatic rings. The number of methoxy groups -OCH3 is 1. The summed E-state index contributed by atoms with van der Waals surface area (Å²) in [7, 11) is 1.56. The maximum Gasteiger partial charge on any atom is 0.240 e. The number of benzene rings is 3. The minimum atomic E-state index is -0.839. The van der Waals surface area contributed by atoms with E-state index in [1.807, 2.05) is 41.4 Å². The molecule has 0 N–H and O–H groups in total. The van der Waals surface area contributed by atoms with E-state index < -0.39 is 29.8 Å². The van der Waals surface area contributed by atoms with Crippen molar-refractivity contribution < 1.29 is 19.1 Å². The number of para-hydroxylation sites is 1. The molecule has 35 heavy (non-hydrogen) atoms. The number of nitrogens with zero attached hydrogens (tertiary/aromatic N) is 2. The first kappa shape index (κ1) is 21.6. The first-order valence-electron chi connectivity index (χ1n) is 11.4. The van der Waals surface area contributed by atoms with Gasteiger partial charge in [0.25, 0.3) is 0 Å². The summed E-state index contributed by atoms with van der Waals surface area (Å²) in [6.45, 7) is 0. The summed E-state index contributed by atoms with van der Waals surface area (Å²) in [4.78, 5) is 44.7. The molecule has 4 atom stereocenters. The molecule has 3 aliphatic rings. The van der Waals surface area contributed by atoms with E-state index >= 15 is 0 Å². The summed E-state index contributed by atoms with van der Waals surface area (Å²) in [6, 6.07) is 20.1. The predicted molar refractivity (Wildman–Crippen MR) is 132 cm³/mol. The summed E-state index contributed by atoms with van der Waals surface area (Å²) < 4.78 is 5.22. The van der Waals surface area contributed by atoms with Crippen LogP contribution in [0.2, 0.25) is 5.02 Å². The number of Topliss-reactive ketones (excluding diaryl/α,β-unsaturated/α-hetero) is 1. The van der Waals surface area contributed by atoms with Gasteiger partial charge in [-0.05, 0) is 53.6 Å². The van der Waals surface area contributed by atoms with Gasteiger partial charge in [0.1, 0.15) is 11.8 Å². The third-order valence-electron chi connectivity index (χ3n) is 7.20. The lowest BCUT2D eigenvalue weighted by molar-refractivity contribution is -0.123. The van der Waals surface area contributed by atoms with Gasteiger partial charge in [-0.3, -0.25) is 14.4 Å². The molecule has 2 fully saturated rings. The van der Waals surface area contributed by atoms with Crippen molar-refractivity contribution in [1.29, 1.82) is 0 Å². The zero-order valence-corrected chi connectivity index (χ0v) is 19.6. The van der Waals surface area contributed by atoms with Crippen molar-refractivity contribution in [3.8, 4) is 5.75 Å². The number of ether oxygens (including phenoxy) is 1. The molecular formula is C28H21ClN2O4. The van der Waals surface area contributed by atoms with Gasteiger partial charge in [-0.2, -0.15) is 0 Å². The van der Waals surface area contributed by atoms with Crippen LogP contribution < -0.4 is 9.64 Å². The fourth-order valence-corrected chi connectivity index (χ4v) is 5.87.